The van der Waals surface area contributed by atoms with Gasteiger partial charge in [0.2, 0.25) is 0 Å². The molecule has 0 aliphatic carbocycles. The van der Waals surface area contributed by atoms with E-state index in [2.05, 4.69) is 82.6 Å². The Morgan fingerprint density at radius 3 is 2.07 bits per heavy atom. The smallest absolute Gasteiger partial charge is 0.0602 e. The van der Waals surface area contributed by atoms with Gasteiger partial charge in [0.1, 0.15) is 0 Å². The Labute approximate surface area is 167 Å². The third kappa shape index (κ3) is 3.32. The van der Waals surface area contributed by atoms with Crippen LogP contribution in [0.2, 0.25) is 0 Å². The summed E-state index contributed by atoms with van der Waals surface area (Å²) in [4.78, 5) is 5.27. The fraction of sp³-hybridized carbons (Fsp3) is 0.280. The SMILES string of the molecule is Nc1ccc2c(c1)CCN(C1CN(C(c3ccccc3)c3ccccc3)C1)C2. The zero-order chi connectivity index (χ0) is 18.9. The largest absolute Gasteiger partial charge is 0.399 e. The highest BCUT2D eigenvalue weighted by atomic mass is 15.3. The molecule has 0 amide bonds. The van der Waals surface area contributed by atoms with Crippen molar-refractivity contribution in [1.29, 1.82) is 0 Å². The zero-order valence-corrected chi connectivity index (χ0v) is 16.2. The lowest BCUT2D eigenvalue weighted by molar-refractivity contribution is 0.00728. The van der Waals surface area contributed by atoms with Crippen molar-refractivity contribution in [3.05, 3.63) is 101 Å². The van der Waals surface area contributed by atoms with Gasteiger partial charge in [-0.1, -0.05) is 66.7 Å². The summed E-state index contributed by atoms with van der Waals surface area (Å²) in [5.41, 5.74) is 12.5. The van der Waals surface area contributed by atoms with Crippen molar-refractivity contribution in [2.45, 2.75) is 25.0 Å². The summed E-state index contributed by atoms with van der Waals surface area (Å²) in [5.74, 6) is 0. The summed E-state index contributed by atoms with van der Waals surface area (Å²) in [6.45, 7) is 4.43. The van der Waals surface area contributed by atoms with E-state index < -0.39 is 0 Å². The summed E-state index contributed by atoms with van der Waals surface area (Å²) in [6.07, 6.45) is 1.11. The Bertz CT molecular complexity index is 893. The molecule has 2 aliphatic heterocycles. The van der Waals surface area contributed by atoms with Crippen LogP contribution < -0.4 is 5.73 Å². The minimum atomic E-state index is 0.343. The van der Waals surface area contributed by atoms with Gasteiger partial charge >= 0.3 is 0 Å². The molecule has 0 spiro atoms. The van der Waals surface area contributed by atoms with Crippen LogP contribution in [0.5, 0.6) is 0 Å². The molecule has 2 heterocycles. The van der Waals surface area contributed by atoms with E-state index in [1.807, 2.05) is 6.07 Å². The number of rotatable bonds is 4. The molecular formula is C25H27N3. The summed E-state index contributed by atoms with van der Waals surface area (Å²) in [6, 6.07) is 29.2. The van der Waals surface area contributed by atoms with Crippen LogP contribution in [0.15, 0.2) is 78.9 Å². The van der Waals surface area contributed by atoms with Crippen molar-refractivity contribution in [3.8, 4) is 0 Å². The third-order valence-corrected chi connectivity index (χ3v) is 6.27. The summed E-state index contributed by atoms with van der Waals surface area (Å²) in [5, 5.41) is 0. The van der Waals surface area contributed by atoms with E-state index >= 15 is 0 Å². The molecule has 3 aromatic carbocycles. The van der Waals surface area contributed by atoms with Gasteiger partial charge in [-0.3, -0.25) is 9.80 Å². The highest BCUT2D eigenvalue weighted by Gasteiger charge is 2.37. The van der Waals surface area contributed by atoms with Crippen molar-refractivity contribution in [3.63, 3.8) is 0 Å². The van der Waals surface area contributed by atoms with Crippen molar-refractivity contribution in [1.82, 2.24) is 9.80 Å². The zero-order valence-electron chi connectivity index (χ0n) is 16.2. The van der Waals surface area contributed by atoms with Crippen molar-refractivity contribution >= 4 is 5.69 Å². The average Bonchev–Trinajstić information content (AvgIpc) is 2.71. The van der Waals surface area contributed by atoms with E-state index in [9.17, 15) is 0 Å². The van der Waals surface area contributed by atoms with Crippen molar-refractivity contribution < 1.29 is 0 Å². The molecule has 2 aliphatic rings. The normalized spacial score (nSPS) is 18.0. The molecule has 0 bridgehead atoms. The lowest BCUT2D eigenvalue weighted by Gasteiger charge is -2.50. The van der Waals surface area contributed by atoms with E-state index in [1.54, 1.807) is 0 Å². The summed E-state index contributed by atoms with van der Waals surface area (Å²) >= 11 is 0. The van der Waals surface area contributed by atoms with Crippen LogP contribution in [0.3, 0.4) is 0 Å². The Kier molecular flexibility index (Phi) is 4.63. The van der Waals surface area contributed by atoms with Gasteiger partial charge in [0.25, 0.3) is 0 Å². The van der Waals surface area contributed by atoms with E-state index in [-0.39, 0.29) is 0 Å². The maximum Gasteiger partial charge on any atom is 0.0602 e. The number of anilines is 1. The van der Waals surface area contributed by atoms with Gasteiger partial charge < -0.3 is 5.73 Å². The maximum absolute atomic E-state index is 5.96. The van der Waals surface area contributed by atoms with Gasteiger partial charge in [0, 0.05) is 37.9 Å². The minimum absolute atomic E-state index is 0.343. The highest BCUT2D eigenvalue weighted by molar-refractivity contribution is 5.45. The fourth-order valence-corrected chi connectivity index (χ4v) is 4.72. The summed E-state index contributed by atoms with van der Waals surface area (Å²) in [7, 11) is 0. The number of nitrogens with two attached hydrogens (primary N) is 1. The van der Waals surface area contributed by atoms with E-state index in [1.165, 1.54) is 22.3 Å². The molecule has 1 saturated heterocycles. The first kappa shape index (κ1) is 17.5. The maximum atomic E-state index is 5.96. The number of benzene rings is 3. The number of fused-ring (bicyclic) bond motifs is 1. The Balaban J connectivity index is 1.31. The van der Waals surface area contributed by atoms with Crippen LogP contribution in [0.1, 0.15) is 28.3 Å². The lowest BCUT2D eigenvalue weighted by Crippen LogP contribution is -2.60. The minimum Gasteiger partial charge on any atom is -0.399 e. The van der Waals surface area contributed by atoms with Gasteiger partial charge in [-0.15, -0.1) is 0 Å². The van der Waals surface area contributed by atoms with E-state index in [0.717, 1.165) is 38.3 Å². The number of nitrogen functional groups attached to an aromatic ring is 1. The van der Waals surface area contributed by atoms with Gasteiger partial charge in [-0.25, -0.2) is 0 Å². The molecule has 3 aromatic rings. The lowest BCUT2D eigenvalue weighted by atomic mass is 9.91. The molecule has 3 heteroatoms. The standard InChI is InChI=1S/C25H27N3/c26-23-12-11-22-16-27(14-13-21(22)15-23)24-17-28(18-24)25(19-7-3-1-4-8-19)20-9-5-2-6-10-20/h1-12,15,24-25H,13-14,16-18,26H2. The second kappa shape index (κ2) is 7.42. The van der Waals surface area contributed by atoms with Gasteiger partial charge in [0.05, 0.1) is 6.04 Å². The fourth-order valence-electron chi connectivity index (χ4n) is 4.72. The first-order valence-electron chi connectivity index (χ1n) is 10.2. The molecule has 0 radical (unpaired) electrons. The number of nitrogens with zero attached hydrogens (tertiary/aromatic N) is 2. The number of hydrogen-bond acceptors (Lipinski definition) is 3. The average molecular weight is 370 g/mol. The third-order valence-electron chi connectivity index (χ3n) is 6.27. The van der Waals surface area contributed by atoms with Crippen LogP contribution in [0.4, 0.5) is 5.69 Å². The van der Waals surface area contributed by atoms with Gasteiger partial charge in [-0.2, -0.15) is 0 Å². The van der Waals surface area contributed by atoms with Crippen LogP contribution in [0, 0.1) is 0 Å². The number of hydrogen-bond donors (Lipinski definition) is 1. The molecular weight excluding hydrogens is 342 g/mol. The second-order valence-electron chi connectivity index (χ2n) is 8.08. The predicted molar refractivity (Wildman–Crippen MR) is 115 cm³/mol. The Morgan fingerprint density at radius 2 is 1.43 bits per heavy atom. The number of likely N-dealkylation sites (tertiary alicyclic amines) is 1. The molecule has 5 rings (SSSR count). The van der Waals surface area contributed by atoms with Crippen molar-refractivity contribution in [2.24, 2.45) is 0 Å². The molecule has 142 valence electrons. The van der Waals surface area contributed by atoms with E-state index in [0.29, 0.717) is 12.1 Å². The monoisotopic (exact) mass is 369 g/mol. The molecule has 3 nitrogen and oxygen atoms in total. The van der Waals surface area contributed by atoms with Crippen LogP contribution in [0.25, 0.3) is 0 Å². The molecule has 1 fully saturated rings. The molecule has 2 N–H and O–H groups in total. The van der Waals surface area contributed by atoms with Crippen LogP contribution in [-0.2, 0) is 13.0 Å². The quantitative estimate of drug-likeness (QED) is 0.703. The second-order valence-corrected chi connectivity index (χ2v) is 8.08. The van der Waals surface area contributed by atoms with E-state index in [4.69, 9.17) is 5.73 Å². The first-order chi connectivity index (χ1) is 13.8. The summed E-state index contributed by atoms with van der Waals surface area (Å²) < 4.78 is 0. The molecule has 28 heavy (non-hydrogen) atoms. The molecule has 0 aromatic heterocycles. The Hall–Kier alpha value is -2.62. The highest BCUT2D eigenvalue weighted by Crippen LogP contribution is 2.35. The molecule has 0 atom stereocenters. The van der Waals surface area contributed by atoms with Crippen LogP contribution in [-0.4, -0.2) is 35.5 Å². The van der Waals surface area contributed by atoms with Gasteiger partial charge in [0.15, 0.2) is 0 Å². The topological polar surface area (TPSA) is 32.5 Å². The predicted octanol–water partition coefficient (Wildman–Crippen LogP) is 4.10. The Morgan fingerprint density at radius 1 is 0.786 bits per heavy atom. The van der Waals surface area contributed by atoms with Crippen molar-refractivity contribution in [2.75, 3.05) is 25.4 Å². The van der Waals surface area contributed by atoms with Gasteiger partial charge in [-0.05, 0) is 40.8 Å². The molecule has 0 saturated carbocycles. The first-order valence-corrected chi connectivity index (χ1v) is 10.2. The van der Waals surface area contributed by atoms with Crippen LogP contribution >= 0.6 is 0 Å². The molecule has 0 unspecified atom stereocenters.